The third-order valence-corrected chi connectivity index (χ3v) is 3.54. The van der Waals surface area contributed by atoms with Crippen LogP contribution in [-0.4, -0.2) is 28.8 Å². The van der Waals surface area contributed by atoms with Gasteiger partial charge in [0.25, 0.3) is 0 Å². The summed E-state index contributed by atoms with van der Waals surface area (Å²) in [5.41, 5.74) is 0.783. The van der Waals surface area contributed by atoms with E-state index in [1.807, 2.05) is 10.9 Å². The molecule has 0 aromatic carbocycles. The summed E-state index contributed by atoms with van der Waals surface area (Å²) in [6.45, 7) is 2.06. The van der Waals surface area contributed by atoms with Crippen LogP contribution in [0.1, 0.15) is 44.6 Å². The molecule has 20 heavy (non-hydrogen) atoms. The Kier molecular flexibility index (Phi) is 5.63. The number of unbranched alkanes of at least 4 members (excludes halogenated alkanes) is 2. The molecule has 0 radical (unpaired) electrons. The van der Waals surface area contributed by atoms with Gasteiger partial charge in [-0.25, -0.2) is 0 Å². The van der Waals surface area contributed by atoms with Gasteiger partial charge in [-0.05, 0) is 38.8 Å². The Morgan fingerprint density at radius 2 is 2.30 bits per heavy atom. The highest BCUT2D eigenvalue weighted by Crippen LogP contribution is 2.19. The summed E-state index contributed by atoms with van der Waals surface area (Å²) in [6, 6.07) is 0.442. The molecule has 2 N–H and O–H groups in total. The van der Waals surface area contributed by atoms with Gasteiger partial charge in [-0.3, -0.25) is 9.48 Å². The highest BCUT2D eigenvalue weighted by Gasteiger charge is 2.16. The molecular weight excluding hydrogens is 252 g/mol. The van der Waals surface area contributed by atoms with Gasteiger partial charge in [0.15, 0.2) is 0 Å². The summed E-state index contributed by atoms with van der Waals surface area (Å²) in [5, 5.41) is 10.6. The highest BCUT2D eigenvalue weighted by atomic mass is 16.1. The number of carbonyl (C=O) groups excluding carboxylic acids is 1. The van der Waals surface area contributed by atoms with Gasteiger partial charge in [-0.2, -0.15) is 5.10 Å². The third-order valence-electron chi connectivity index (χ3n) is 3.54. The van der Waals surface area contributed by atoms with E-state index in [9.17, 15) is 4.79 Å². The fourth-order valence-corrected chi connectivity index (χ4v) is 2.41. The van der Waals surface area contributed by atoms with Crippen molar-refractivity contribution in [1.29, 1.82) is 0 Å². The quantitative estimate of drug-likeness (QED) is 0.615. The fourth-order valence-electron chi connectivity index (χ4n) is 2.41. The van der Waals surface area contributed by atoms with Gasteiger partial charge in [0.05, 0.1) is 17.9 Å². The zero-order chi connectivity index (χ0) is 14.2. The monoisotopic (exact) mass is 274 g/mol. The predicted molar refractivity (Wildman–Crippen MR) is 79.3 cm³/mol. The van der Waals surface area contributed by atoms with Gasteiger partial charge in [-0.15, -0.1) is 12.3 Å². The van der Waals surface area contributed by atoms with Crippen molar-refractivity contribution < 1.29 is 4.79 Å². The molecule has 1 fully saturated rings. The lowest BCUT2D eigenvalue weighted by Crippen LogP contribution is -2.29. The number of carbonyl (C=O) groups is 1. The molecule has 0 spiro atoms. The van der Waals surface area contributed by atoms with Gasteiger partial charge < -0.3 is 10.6 Å². The van der Waals surface area contributed by atoms with E-state index >= 15 is 0 Å². The normalized spacial score (nSPS) is 15.8. The standard InChI is InChI=1S/C15H22N4O/c1-2-3-4-5-6-15(20)18-13-11-17-19(12-13)14-7-9-16-10-8-14/h1,11-12,14,16H,3-10H2,(H,18,20). The topological polar surface area (TPSA) is 59.0 Å². The molecule has 1 aromatic heterocycles. The van der Waals surface area contributed by atoms with Crippen LogP contribution >= 0.6 is 0 Å². The molecule has 0 atom stereocenters. The first kappa shape index (κ1) is 14.6. The van der Waals surface area contributed by atoms with Crippen molar-refractivity contribution in [3.63, 3.8) is 0 Å². The van der Waals surface area contributed by atoms with E-state index in [0.717, 1.165) is 50.9 Å². The molecule has 1 amide bonds. The first-order valence-corrected chi connectivity index (χ1v) is 7.28. The minimum atomic E-state index is 0.0342. The van der Waals surface area contributed by atoms with Crippen LogP contribution in [0.2, 0.25) is 0 Å². The summed E-state index contributed by atoms with van der Waals surface area (Å²) in [6.07, 6.45) is 14.0. The number of nitrogens with zero attached hydrogens (tertiary/aromatic N) is 2. The predicted octanol–water partition coefficient (Wildman–Crippen LogP) is 1.94. The minimum Gasteiger partial charge on any atom is -0.323 e. The van der Waals surface area contributed by atoms with Gasteiger partial charge in [0, 0.05) is 19.0 Å². The van der Waals surface area contributed by atoms with E-state index in [-0.39, 0.29) is 5.91 Å². The van der Waals surface area contributed by atoms with Crippen molar-refractivity contribution in [2.24, 2.45) is 0 Å². The molecule has 2 rings (SSSR count). The maximum atomic E-state index is 11.8. The van der Waals surface area contributed by atoms with Crippen LogP contribution in [0, 0.1) is 12.3 Å². The van der Waals surface area contributed by atoms with E-state index < -0.39 is 0 Å². The molecule has 0 bridgehead atoms. The van der Waals surface area contributed by atoms with E-state index in [0.29, 0.717) is 12.5 Å². The van der Waals surface area contributed by atoms with Crippen molar-refractivity contribution in [2.75, 3.05) is 18.4 Å². The summed E-state index contributed by atoms with van der Waals surface area (Å²) >= 11 is 0. The first-order chi connectivity index (χ1) is 9.79. The lowest BCUT2D eigenvalue weighted by molar-refractivity contribution is -0.116. The molecule has 1 aromatic rings. The third kappa shape index (κ3) is 4.39. The number of hydrogen-bond donors (Lipinski definition) is 2. The van der Waals surface area contributed by atoms with Crippen molar-refractivity contribution >= 4 is 11.6 Å². The molecule has 0 aliphatic carbocycles. The molecule has 2 heterocycles. The fraction of sp³-hybridized carbons (Fsp3) is 0.600. The lowest BCUT2D eigenvalue weighted by Gasteiger charge is -2.22. The van der Waals surface area contributed by atoms with Crippen LogP contribution in [0.25, 0.3) is 0 Å². The van der Waals surface area contributed by atoms with E-state index in [4.69, 9.17) is 6.42 Å². The Labute approximate surface area is 120 Å². The average Bonchev–Trinajstić information content (AvgIpc) is 2.93. The second-order valence-corrected chi connectivity index (χ2v) is 5.15. The van der Waals surface area contributed by atoms with Crippen LogP contribution in [0.15, 0.2) is 12.4 Å². The van der Waals surface area contributed by atoms with Crippen molar-refractivity contribution in [3.05, 3.63) is 12.4 Å². The van der Waals surface area contributed by atoms with Crippen molar-refractivity contribution in [3.8, 4) is 12.3 Å². The van der Waals surface area contributed by atoms with E-state index in [2.05, 4.69) is 21.7 Å². The summed E-state index contributed by atoms with van der Waals surface area (Å²) < 4.78 is 1.97. The Balaban J connectivity index is 1.77. The van der Waals surface area contributed by atoms with Crippen LogP contribution in [0.4, 0.5) is 5.69 Å². The number of piperidine rings is 1. The van der Waals surface area contributed by atoms with E-state index in [1.165, 1.54) is 0 Å². The van der Waals surface area contributed by atoms with Gasteiger partial charge in [-0.1, -0.05) is 0 Å². The zero-order valence-electron chi connectivity index (χ0n) is 11.8. The molecule has 5 heteroatoms. The Hall–Kier alpha value is -1.80. The second-order valence-electron chi connectivity index (χ2n) is 5.15. The molecular formula is C15H22N4O. The van der Waals surface area contributed by atoms with Crippen LogP contribution < -0.4 is 10.6 Å². The largest absolute Gasteiger partial charge is 0.323 e. The van der Waals surface area contributed by atoms with Crippen molar-refractivity contribution in [1.82, 2.24) is 15.1 Å². The first-order valence-electron chi connectivity index (χ1n) is 7.28. The molecule has 5 nitrogen and oxygen atoms in total. The number of aromatic nitrogens is 2. The molecule has 0 unspecified atom stereocenters. The number of hydrogen-bond acceptors (Lipinski definition) is 3. The summed E-state index contributed by atoms with van der Waals surface area (Å²) in [7, 11) is 0. The molecule has 1 aliphatic rings. The Morgan fingerprint density at radius 3 is 3.05 bits per heavy atom. The maximum Gasteiger partial charge on any atom is 0.224 e. The highest BCUT2D eigenvalue weighted by molar-refractivity contribution is 5.90. The molecule has 108 valence electrons. The summed E-state index contributed by atoms with van der Waals surface area (Å²) in [5.74, 6) is 2.61. The molecule has 0 saturated carbocycles. The maximum absolute atomic E-state index is 11.8. The van der Waals surface area contributed by atoms with Gasteiger partial charge in [0.2, 0.25) is 5.91 Å². The number of terminal acetylenes is 1. The molecule has 1 saturated heterocycles. The Bertz CT molecular complexity index is 468. The minimum absolute atomic E-state index is 0.0342. The zero-order valence-corrected chi connectivity index (χ0v) is 11.8. The SMILES string of the molecule is C#CCCCCC(=O)Nc1cnn(C2CCNCC2)c1. The smallest absolute Gasteiger partial charge is 0.224 e. The number of nitrogens with one attached hydrogen (secondary N) is 2. The number of anilines is 1. The van der Waals surface area contributed by atoms with Crippen LogP contribution in [0.3, 0.4) is 0 Å². The van der Waals surface area contributed by atoms with Crippen LogP contribution in [-0.2, 0) is 4.79 Å². The number of rotatable bonds is 6. The van der Waals surface area contributed by atoms with Gasteiger partial charge >= 0.3 is 0 Å². The van der Waals surface area contributed by atoms with E-state index in [1.54, 1.807) is 6.20 Å². The number of amides is 1. The average molecular weight is 274 g/mol. The molecule has 1 aliphatic heterocycles. The second kappa shape index (κ2) is 7.71. The van der Waals surface area contributed by atoms with Crippen LogP contribution in [0.5, 0.6) is 0 Å². The van der Waals surface area contributed by atoms with Crippen molar-refractivity contribution in [2.45, 2.75) is 44.6 Å². The summed E-state index contributed by atoms with van der Waals surface area (Å²) in [4.78, 5) is 11.8. The lowest BCUT2D eigenvalue weighted by atomic mass is 10.1. The van der Waals surface area contributed by atoms with Gasteiger partial charge in [0.1, 0.15) is 0 Å². The Morgan fingerprint density at radius 1 is 1.50 bits per heavy atom.